The van der Waals surface area contributed by atoms with Crippen LogP contribution in [0.4, 0.5) is 11.6 Å². The van der Waals surface area contributed by atoms with Gasteiger partial charge in [-0.25, -0.2) is 9.97 Å². The summed E-state index contributed by atoms with van der Waals surface area (Å²) in [7, 11) is 0. The lowest BCUT2D eigenvalue weighted by Crippen LogP contribution is -2.14. The first kappa shape index (κ1) is 15.9. The SMILES string of the molecule is C=C/C(C)=C(\C=C)c1cc2cc(NC(=O)C3CC3)ncc2c(N)n1. The van der Waals surface area contributed by atoms with Crippen LogP contribution in [-0.2, 0) is 4.79 Å². The maximum absolute atomic E-state index is 11.9. The molecule has 1 fully saturated rings. The van der Waals surface area contributed by atoms with E-state index < -0.39 is 0 Å². The van der Waals surface area contributed by atoms with Gasteiger partial charge >= 0.3 is 0 Å². The van der Waals surface area contributed by atoms with Crippen molar-refractivity contribution in [3.05, 3.63) is 54.9 Å². The summed E-state index contributed by atoms with van der Waals surface area (Å²) >= 11 is 0. The van der Waals surface area contributed by atoms with Crippen molar-refractivity contribution < 1.29 is 4.79 Å². The number of nitrogen functional groups attached to an aromatic ring is 1. The molecule has 0 radical (unpaired) electrons. The minimum Gasteiger partial charge on any atom is -0.383 e. The standard InChI is InChI=1S/C19H20N4O/c1-4-11(3)14(5-2)16-8-13-9-17(23-19(24)12-6-7-12)21-10-15(13)18(20)22-16/h4-5,8-10,12H,1-2,6-7H2,3H3,(H2,20,22)(H,21,23,24)/b14-11+. The highest BCUT2D eigenvalue weighted by atomic mass is 16.2. The first-order valence-corrected chi connectivity index (χ1v) is 7.86. The molecule has 2 aromatic rings. The Bertz CT molecular complexity index is 878. The maximum atomic E-state index is 11.9. The number of carbonyl (C=O) groups is 1. The Balaban J connectivity index is 2.05. The number of hydrogen-bond acceptors (Lipinski definition) is 4. The van der Waals surface area contributed by atoms with Crippen molar-refractivity contribution in [1.29, 1.82) is 0 Å². The van der Waals surface area contributed by atoms with Crippen LogP contribution in [0.2, 0.25) is 0 Å². The van der Waals surface area contributed by atoms with Crippen LogP contribution in [0, 0.1) is 5.92 Å². The van der Waals surface area contributed by atoms with Gasteiger partial charge in [-0.1, -0.05) is 25.3 Å². The highest BCUT2D eigenvalue weighted by Gasteiger charge is 2.29. The average Bonchev–Trinajstić information content (AvgIpc) is 3.40. The molecule has 0 spiro atoms. The Morgan fingerprint density at radius 1 is 1.33 bits per heavy atom. The Hall–Kier alpha value is -2.95. The van der Waals surface area contributed by atoms with Crippen molar-refractivity contribution in [3.8, 4) is 0 Å². The second kappa shape index (κ2) is 6.28. The number of anilines is 2. The number of pyridine rings is 2. The molecule has 0 unspecified atom stereocenters. The third kappa shape index (κ3) is 3.06. The summed E-state index contributed by atoms with van der Waals surface area (Å²) in [5.41, 5.74) is 8.64. The predicted molar refractivity (Wildman–Crippen MR) is 98.3 cm³/mol. The number of carbonyl (C=O) groups excluding carboxylic acids is 1. The zero-order chi connectivity index (χ0) is 17.3. The fourth-order valence-corrected chi connectivity index (χ4v) is 2.53. The van der Waals surface area contributed by atoms with Gasteiger partial charge in [-0.05, 0) is 42.9 Å². The topological polar surface area (TPSA) is 80.9 Å². The van der Waals surface area contributed by atoms with E-state index in [1.807, 2.05) is 19.1 Å². The lowest BCUT2D eigenvalue weighted by atomic mass is 10.0. The van der Waals surface area contributed by atoms with Crippen LogP contribution in [0.5, 0.6) is 0 Å². The van der Waals surface area contributed by atoms with Crippen molar-refractivity contribution in [2.45, 2.75) is 19.8 Å². The van der Waals surface area contributed by atoms with Crippen molar-refractivity contribution in [2.75, 3.05) is 11.1 Å². The molecule has 3 N–H and O–H groups in total. The third-order valence-electron chi connectivity index (χ3n) is 4.16. The maximum Gasteiger partial charge on any atom is 0.228 e. The lowest BCUT2D eigenvalue weighted by Gasteiger charge is -2.10. The molecule has 0 bridgehead atoms. The molecule has 1 amide bonds. The smallest absolute Gasteiger partial charge is 0.228 e. The summed E-state index contributed by atoms with van der Waals surface area (Å²) < 4.78 is 0. The first-order chi connectivity index (χ1) is 11.5. The number of rotatable bonds is 5. The molecular weight excluding hydrogens is 300 g/mol. The van der Waals surface area contributed by atoms with E-state index in [0.717, 1.165) is 40.5 Å². The molecule has 5 nitrogen and oxygen atoms in total. The number of aromatic nitrogens is 2. The first-order valence-electron chi connectivity index (χ1n) is 7.86. The molecule has 0 saturated heterocycles. The van der Waals surface area contributed by atoms with Crippen LogP contribution in [0.25, 0.3) is 16.3 Å². The number of hydrogen-bond donors (Lipinski definition) is 2. The second-order valence-corrected chi connectivity index (χ2v) is 5.95. The number of allylic oxidation sites excluding steroid dienone is 4. The molecule has 0 aromatic carbocycles. The average molecular weight is 320 g/mol. The molecule has 1 aliphatic rings. The van der Waals surface area contributed by atoms with E-state index in [0.29, 0.717) is 11.6 Å². The largest absolute Gasteiger partial charge is 0.383 e. The van der Waals surface area contributed by atoms with Crippen LogP contribution >= 0.6 is 0 Å². The molecule has 24 heavy (non-hydrogen) atoms. The molecule has 1 saturated carbocycles. The van der Waals surface area contributed by atoms with E-state index in [-0.39, 0.29) is 11.8 Å². The van der Waals surface area contributed by atoms with Gasteiger partial charge in [-0.3, -0.25) is 4.79 Å². The summed E-state index contributed by atoms with van der Waals surface area (Å²) in [5, 5.41) is 4.48. The van der Waals surface area contributed by atoms with E-state index in [9.17, 15) is 4.79 Å². The highest BCUT2D eigenvalue weighted by molar-refractivity contribution is 5.98. The van der Waals surface area contributed by atoms with Gasteiger partial charge in [0.15, 0.2) is 0 Å². The van der Waals surface area contributed by atoms with Crippen molar-refractivity contribution in [3.63, 3.8) is 0 Å². The Morgan fingerprint density at radius 2 is 2.08 bits per heavy atom. The van der Waals surface area contributed by atoms with Gasteiger partial charge in [0.1, 0.15) is 11.6 Å². The van der Waals surface area contributed by atoms with Crippen LogP contribution < -0.4 is 11.1 Å². The molecule has 122 valence electrons. The van der Waals surface area contributed by atoms with Crippen molar-refractivity contribution >= 4 is 33.9 Å². The number of nitrogens with two attached hydrogens (primary N) is 1. The minimum absolute atomic E-state index is 0.0262. The zero-order valence-electron chi connectivity index (χ0n) is 13.7. The predicted octanol–water partition coefficient (Wildman–Crippen LogP) is 3.71. The number of nitrogens with zero attached hydrogens (tertiary/aromatic N) is 2. The molecule has 3 rings (SSSR count). The normalized spacial score (nSPS) is 14.9. The van der Waals surface area contributed by atoms with Gasteiger partial charge in [-0.15, -0.1) is 0 Å². The van der Waals surface area contributed by atoms with E-state index in [1.54, 1.807) is 18.3 Å². The summed E-state index contributed by atoms with van der Waals surface area (Å²) in [6.45, 7) is 9.57. The van der Waals surface area contributed by atoms with Crippen LogP contribution in [0.3, 0.4) is 0 Å². The number of fused-ring (bicyclic) bond motifs is 1. The molecular formula is C19H20N4O. The molecule has 1 aliphatic carbocycles. The molecule has 2 aromatic heterocycles. The quantitative estimate of drug-likeness (QED) is 0.823. The second-order valence-electron chi connectivity index (χ2n) is 5.95. The van der Waals surface area contributed by atoms with Crippen LogP contribution in [0.15, 0.2) is 49.2 Å². The van der Waals surface area contributed by atoms with E-state index in [2.05, 4.69) is 28.4 Å². The summed E-state index contributed by atoms with van der Waals surface area (Å²) in [4.78, 5) is 20.6. The summed E-state index contributed by atoms with van der Waals surface area (Å²) in [6, 6.07) is 3.74. The van der Waals surface area contributed by atoms with Crippen LogP contribution in [0.1, 0.15) is 25.5 Å². The van der Waals surface area contributed by atoms with Crippen molar-refractivity contribution in [1.82, 2.24) is 9.97 Å². The summed E-state index contributed by atoms with van der Waals surface area (Å²) in [6.07, 6.45) is 7.04. The fraction of sp³-hybridized carbons (Fsp3) is 0.211. The Labute approximate surface area is 141 Å². The zero-order valence-corrected chi connectivity index (χ0v) is 13.7. The van der Waals surface area contributed by atoms with E-state index in [1.165, 1.54) is 0 Å². The third-order valence-corrected chi connectivity index (χ3v) is 4.16. The Kier molecular flexibility index (Phi) is 4.16. The van der Waals surface area contributed by atoms with Crippen molar-refractivity contribution in [2.24, 2.45) is 5.92 Å². The van der Waals surface area contributed by atoms with Gasteiger partial charge in [-0.2, -0.15) is 0 Å². The lowest BCUT2D eigenvalue weighted by molar-refractivity contribution is -0.117. The molecule has 0 atom stereocenters. The van der Waals surface area contributed by atoms with Gasteiger partial charge < -0.3 is 11.1 Å². The number of amides is 1. The fourth-order valence-electron chi connectivity index (χ4n) is 2.53. The van der Waals surface area contributed by atoms with Gasteiger partial charge in [0.2, 0.25) is 5.91 Å². The highest BCUT2D eigenvalue weighted by Crippen LogP contribution is 2.31. The monoisotopic (exact) mass is 320 g/mol. The van der Waals surface area contributed by atoms with Crippen LogP contribution in [-0.4, -0.2) is 15.9 Å². The molecule has 0 aliphatic heterocycles. The minimum atomic E-state index is 0.0262. The van der Waals surface area contributed by atoms with Gasteiger partial charge in [0.25, 0.3) is 0 Å². The van der Waals surface area contributed by atoms with Gasteiger partial charge in [0, 0.05) is 23.1 Å². The van der Waals surface area contributed by atoms with Gasteiger partial charge in [0.05, 0.1) is 5.69 Å². The molecule has 5 heteroatoms. The number of nitrogens with one attached hydrogen (secondary N) is 1. The molecule has 2 heterocycles. The van der Waals surface area contributed by atoms with E-state index >= 15 is 0 Å². The van der Waals surface area contributed by atoms with E-state index in [4.69, 9.17) is 5.73 Å². The summed E-state index contributed by atoms with van der Waals surface area (Å²) in [5.74, 6) is 1.08. The Morgan fingerprint density at radius 3 is 2.71 bits per heavy atom.